The van der Waals surface area contributed by atoms with Gasteiger partial charge in [0.2, 0.25) is 0 Å². The molecule has 0 aromatic carbocycles. The van der Waals surface area contributed by atoms with E-state index in [1.165, 1.54) is 11.3 Å². The van der Waals surface area contributed by atoms with Crippen LogP contribution in [0.15, 0.2) is 5.38 Å². The van der Waals surface area contributed by atoms with Gasteiger partial charge < -0.3 is 9.64 Å². The fraction of sp³-hybridized carbons (Fsp3) is 0.667. The minimum absolute atomic E-state index is 0.0673. The number of ether oxygens (including phenoxy) is 1. The van der Waals surface area contributed by atoms with E-state index in [1.54, 1.807) is 17.2 Å². The van der Waals surface area contributed by atoms with Gasteiger partial charge in [0, 0.05) is 18.5 Å². The lowest BCUT2D eigenvalue weighted by atomic mass is 9.97. The lowest BCUT2D eigenvalue weighted by Gasteiger charge is -2.32. The molecule has 1 aromatic heterocycles. The molecule has 0 bridgehead atoms. The number of piperidine rings is 1. The summed E-state index contributed by atoms with van der Waals surface area (Å²) in [5.41, 5.74) is 0.213. The molecule has 0 atom stereocenters. The molecule has 1 aromatic rings. The number of hydrogen-bond acceptors (Lipinski definition) is 5. The average molecular weight is 308 g/mol. The first-order valence-electron chi connectivity index (χ1n) is 6.36. The third-order valence-electron chi connectivity index (χ3n) is 3.21. The maximum absolute atomic E-state index is 12.6. The molecule has 4 nitrogen and oxygen atoms in total. The number of rotatable bonds is 3. The predicted molar refractivity (Wildman–Crippen MR) is 69.1 cm³/mol. The Hall–Kier alpha value is -1.31. The van der Waals surface area contributed by atoms with Crippen LogP contribution in [0.2, 0.25) is 0 Å². The van der Waals surface area contributed by atoms with Crippen LogP contribution in [0.5, 0.6) is 0 Å². The zero-order valence-corrected chi connectivity index (χ0v) is 11.8. The van der Waals surface area contributed by atoms with Gasteiger partial charge in [0.05, 0.1) is 12.5 Å². The number of thiazole rings is 1. The molecule has 1 aliphatic heterocycles. The Balaban J connectivity index is 1.96. The van der Waals surface area contributed by atoms with Gasteiger partial charge in [0.1, 0.15) is 0 Å². The summed E-state index contributed by atoms with van der Waals surface area (Å²) in [4.78, 5) is 17.4. The van der Waals surface area contributed by atoms with E-state index in [2.05, 4.69) is 4.98 Å². The van der Waals surface area contributed by atoms with Crippen LogP contribution < -0.4 is 4.90 Å². The minimum atomic E-state index is -4.12. The van der Waals surface area contributed by atoms with Crippen molar-refractivity contribution in [3.05, 3.63) is 11.1 Å². The number of anilines is 1. The smallest absolute Gasteiger partial charge is 0.391 e. The van der Waals surface area contributed by atoms with Gasteiger partial charge in [0.15, 0.2) is 10.8 Å². The van der Waals surface area contributed by atoms with Crippen LogP contribution in [0, 0.1) is 5.92 Å². The number of aromatic nitrogens is 1. The first-order chi connectivity index (χ1) is 9.41. The number of carbonyl (C=O) groups is 1. The van der Waals surface area contributed by atoms with E-state index in [4.69, 9.17) is 4.74 Å². The number of hydrogen-bond donors (Lipinski definition) is 0. The average Bonchev–Trinajstić information content (AvgIpc) is 2.88. The van der Waals surface area contributed by atoms with E-state index in [-0.39, 0.29) is 25.1 Å². The summed E-state index contributed by atoms with van der Waals surface area (Å²) < 4.78 is 42.5. The Morgan fingerprint density at radius 1 is 1.50 bits per heavy atom. The van der Waals surface area contributed by atoms with Crippen molar-refractivity contribution in [2.24, 2.45) is 5.92 Å². The van der Waals surface area contributed by atoms with Crippen molar-refractivity contribution in [2.75, 3.05) is 24.6 Å². The normalized spacial score (nSPS) is 17.3. The van der Waals surface area contributed by atoms with Gasteiger partial charge in [0.25, 0.3) is 0 Å². The quantitative estimate of drug-likeness (QED) is 0.805. The summed E-state index contributed by atoms with van der Waals surface area (Å²) in [6.45, 7) is 2.58. The highest BCUT2D eigenvalue weighted by atomic mass is 32.1. The highest BCUT2D eigenvalue weighted by molar-refractivity contribution is 7.13. The number of esters is 1. The summed E-state index contributed by atoms with van der Waals surface area (Å²) in [7, 11) is 0. The lowest BCUT2D eigenvalue weighted by molar-refractivity contribution is -0.179. The zero-order valence-electron chi connectivity index (χ0n) is 10.9. The first-order valence-corrected chi connectivity index (χ1v) is 7.24. The van der Waals surface area contributed by atoms with Crippen LogP contribution in [-0.4, -0.2) is 36.8 Å². The van der Waals surface area contributed by atoms with Gasteiger partial charge >= 0.3 is 12.1 Å². The fourth-order valence-corrected chi connectivity index (χ4v) is 2.96. The second kappa shape index (κ2) is 5.99. The largest absolute Gasteiger partial charge is 0.461 e. The number of carbonyl (C=O) groups excluding carboxylic acids is 1. The molecule has 1 fully saturated rings. The van der Waals surface area contributed by atoms with Crippen molar-refractivity contribution in [3.63, 3.8) is 0 Å². The third-order valence-corrected chi connectivity index (χ3v) is 4.11. The molecule has 112 valence electrons. The second-order valence-corrected chi connectivity index (χ2v) is 5.38. The van der Waals surface area contributed by atoms with E-state index in [0.29, 0.717) is 18.2 Å². The van der Waals surface area contributed by atoms with Crippen LogP contribution >= 0.6 is 11.3 Å². The molecule has 0 unspecified atom stereocenters. The predicted octanol–water partition coefficient (Wildman–Crippen LogP) is 3.10. The monoisotopic (exact) mass is 308 g/mol. The van der Waals surface area contributed by atoms with Gasteiger partial charge in [-0.05, 0) is 19.8 Å². The highest BCUT2D eigenvalue weighted by Gasteiger charge is 2.41. The summed E-state index contributed by atoms with van der Waals surface area (Å²) in [5, 5.41) is 2.15. The lowest BCUT2D eigenvalue weighted by Crippen LogP contribution is -2.39. The van der Waals surface area contributed by atoms with E-state index in [1.807, 2.05) is 0 Å². The van der Waals surface area contributed by atoms with Crippen molar-refractivity contribution in [3.8, 4) is 0 Å². The maximum atomic E-state index is 12.6. The molecule has 8 heteroatoms. The fourth-order valence-electron chi connectivity index (χ4n) is 2.11. The summed E-state index contributed by atoms with van der Waals surface area (Å²) in [6, 6.07) is 0. The number of nitrogens with zero attached hydrogens (tertiary/aromatic N) is 2. The molecule has 20 heavy (non-hydrogen) atoms. The molecule has 0 amide bonds. The van der Waals surface area contributed by atoms with E-state index in [9.17, 15) is 18.0 Å². The molecule has 0 N–H and O–H groups in total. The second-order valence-electron chi connectivity index (χ2n) is 4.54. The van der Waals surface area contributed by atoms with E-state index >= 15 is 0 Å². The number of halogens is 3. The Kier molecular flexibility index (Phi) is 4.52. The summed E-state index contributed by atoms with van der Waals surface area (Å²) in [6.07, 6.45) is -3.99. The topological polar surface area (TPSA) is 42.4 Å². The Morgan fingerprint density at radius 2 is 2.15 bits per heavy atom. The van der Waals surface area contributed by atoms with Gasteiger partial charge in [-0.1, -0.05) is 0 Å². The van der Waals surface area contributed by atoms with Gasteiger partial charge in [-0.3, -0.25) is 0 Å². The zero-order chi connectivity index (χ0) is 14.8. The van der Waals surface area contributed by atoms with Crippen LogP contribution in [0.25, 0.3) is 0 Å². The Bertz CT molecular complexity index is 468. The molecule has 1 aliphatic rings. The number of alkyl halides is 3. The van der Waals surface area contributed by atoms with Crippen LogP contribution in [0.4, 0.5) is 18.3 Å². The molecule has 2 heterocycles. The standard InChI is InChI=1S/C12H15F3N2O2S/c1-2-19-10(18)9-7-20-11(16-9)17-5-3-8(4-6-17)12(13,14)15/h7-8H,2-6H2,1H3. The molecule has 2 rings (SSSR count). The SMILES string of the molecule is CCOC(=O)c1csc(N2CCC(C(F)(F)F)CC2)n1. The van der Waals surface area contributed by atoms with E-state index < -0.39 is 18.1 Å². The van der Waals surface area contributed by atoms with Crippen molar-refractivity contribution in [1.82, 2.24) is 4.98 Å². The summed E-state index contributed by atoms with van der Waals surface area (Å²) >= 11 is 1.25. The maximum Gasteiger partial charge on any atom is 0.391 e. The van der Waals surface area contributed by atoms with Crippen molar-refractivity contribution >= 4 is 22.4 Å². The molecule has 0 saturated carbocycles. The molecule has 0 spiro atoms. The van der Waals surface area contributed by atoms with Crippen molar-refractivity contribution < 1.29 is 22.7 Å². The molecule has 0 aliphatic carbocycles. The van der Waals surface area contributed by atoms with E-state index in [0.717, 1.165) is 0 Å². The van der Waals surface area contributed by atoms with Crippen molar-refractivity contribution in [1.29, 1.82) is 0 Å². The molecule has 1 saturated heterocycles. The Morgan fingerprint density at radius 3 is 2.70 bits per heavy atom. The van der Waals surface area contributed by atoms with Gasteiger partial charge in [-0.25, -0.2) is 9.78 Å². The van der Waals surface area contributed by atoms with Crippen LogP contribution in [0.3, 0.4) is 0 Å². The highest BCUT2D eigenvalue weighted by Crippen LogP contribution is 2.35. The molecule has 0 radical (unpaired) electrons. The minimum Gasteiger partial charge on any atom is -0.461 e. The van der Waals surface area contributed by atoms with Crippen LogP contribution in [0.1, 0.15) is 30.3 Å². The van der Waals surface area contributed by atoms with Gasteiger partial charge in [-0.2, -0.15) is 13.2 Å². The third kappa shape index (κ3) is 3.41. The first kappa shape index (κ1) is 15.1. The van der Waals surface area contributed by atoms with Gasteiger partial charge in [-0.15, -0.1) is 11.3 Å². The molecular formula is C12H15F3N2O2S. The summed E-state index contributed by atoms with van der Waals surface area (Å²) in [5.74, 6) is -1.73. The molecular weight excluding hydrogens is 293 g/mol. The van der Waals surface area contributed by atoms with Crippen LogP contribution in [-0.2, 0) is 4.74 Å². The van der Waals surface area contributed by atoms with Crippen molar-refractivity contribution in [2.45, 2.75) is 25.9 Å². The Labute approximate surface area is 118 Å².